The fourth-order valence-electron chi connectivity index (χ4n) is 2.25. The number of carbonyl (C=O) groups is 1. The molecule has 1 unspecified atom stereocenters. The molecule has 17 heavy (non-hydrogen) atoms. The van der Waals surface area contributed by atoms with Gasteiger partial charge >= 0.3 is 0 Å². The molecule has 3 nitrogen and oxygen atoms in total. The number of hydrogen-bond acceptors (Lipinski definition) is 2. The number of nitrogens with one attached hydrogen (secondary N) is 1. The number of benzene rings is 1. The van der Waals surface area contributed by atoms with Gasteiger partial charge in [-0.1, -0.05) is 18.2 Å². The van der Waals surface area contributed by atoms with Crippen molar-refractivity contribution in [3.63, 3.8) is 0 Å². The molecule has 1 heterocycles. The summed E-state index contributed by atoms with van der Waals surface area (Å²) in [6.45, 7) is 2.18. The van der Waals surface area contributed by atoms with Crippen molar-refractivity contribution < 1.29 is 4.79 Å². The molecular formula is C14H20N2O. The first kappa shape index (κ1) is 12.1. The predicted molar refractivity (Wildman–Crippen MR) is 70.1 cm³/mol. The smallest absolute Gasteiger partial charge is 0.226 e. The van der Waals surface area contributed by atoms with E-state index in [1.165, 1.54) is 6.42 Å². The molecule has 1 aromatic carbocycles. The van der Waals surface area contributed by atoms with E-state index in [1.807, 2.05) is 37.4 Å². The molecule has 3 heteroatoms. The van der Waals surface area contributed by atoms with Gasteiger partial charge in [0, 0.05) is 19.2 Å². The quantitative estimate of drug-likeness (QED) is 0.861. The molecule has 1 atom stereocenters. The Kier molecular flexibility index (Phi) is 4.15. The third-order valence-corrected chi connectivity index (χ3v) is 3.45. The Hall–Kier alpha value is -1.35. The molecule has 1 aliphatic rings. The van der Waals surface area contributed by atoms with Crippen LogP contribution in [0.5, 0.6) is 0 Å². The van der Waals surface area contributed by atoms with Crippen LogP contribution in [0.4, 0.5) is 5.69 Å². The molecule has 1 aliphatic heterocycles. The van der Waals surface area contributed by atoms with E-state index in [0.717, 1.165) is 25.2 Å². The van der Waals surface area contributed by atoms with Gasteiger partial charge in [-0.15, -0.1) is 0 Å². The van der Waals surface area contributed by atoms with Gasteiger partial charge in [0.2, 0.25) is 5.91 Å². The lowest BCUT2D eigenvalue weighted by Crippen LogP contribution is -2.26. The van der Waals surface area contributed by atoms with E-state index in [9.17, 15) is 4.79 Å². The molecule has 0 spiro atoms. The Labute approximate surface area is 103 Å². The maximum Gasteiger partial charge on any atom is 0.226 e. The number of rotatable bonds is 4. The average Bonchev–Trinajstić information content (AvgIpc) is 2.89. The molecule has 1 N–H and O–H groups in total. The molecule has 0 bridgehead atoms. The van der Waals surface area contributed by atoms with E-state index in [0.29, 0.717) is 12.3 Å². The number of para-hydroxylation sites is 1. The maximum atomic E-state index is 12.0. The number of hydrogen-bond donors (Lipinski definition) is 1. The van der Waals surface area contributed by atoms with Gasteiger partial charge in [0.25, 0.3) is 0 Å². The minimum absolute atomic E-state index is 0.211. The summed E-state index contributed by atoms with van der Waals surface area (Å²) in [5.41, 5.74) is 0.974. The molecule has 0 saturated carbocycles. The topological polar surface area (TPSA) is 32.3 Å². The van der Waals surface area contributed by atoms with Gasteiger partial charge in [-0.3, -0.25) is 4.79 Å². The molecule has 2 rings (SSSR count). The molecule has 0 aliphatic carbocycles. The molecule has 0 aromatic heterocycles. The van der Waals surface area contributed by atoms with Crippen molar-refractivity contribution in [3.8, 4) is 0 Å². The van der Waals surface area contributed by atoms with E-state index < -0.39 is 0 Å². The Morgan fingerprint density at radius 2 is 2.18 bits per heavy atom. The summed E-state index contributed by atoms with van der Waals surface area (Å²) in [4.78, 5) is 13.8. The van der Waals surface area contributed by atoms with Crippen LogP contribution in [-0.2, 0) is 4.79 Å². The average molecular weight is 232 g/mol. The number of nitrogens with zero attached hydrogens (tertiary/aromatic N) is 1. The van der Waals surface area contributed by atoms with Crippen LogP contribution >= 0.6 is 0 Å². The van der Waals surface area contributed by atoms with Gasteiger partial charge in [-0.05, 0) is 44.0 Å². The summed E-state index contributed by atoms with van der Waals surface area (Å²) in [6, 6.07) is 9.82. The molecule has 1 amide bonds. The summed E-state index contributed by atoms with van der Waals surface area (Å²) in [5.74, 6) is 0.895. The zero-order valence-corrected chi connectivity index (χ0v) is 10.4. The standard InChI is InChI=1S/C14H20N2O/c1-16(13-5-3-2-4-6-13)14(17)8-7-12-9-10-15-11-12/h2-6,12,15H,7-11H2,1H3. The fraction of sp³-hybridized carbons (Fsp3) is 0.500. The van der Waals surface area contributed by atoms with Gasteiger partial charge in [-0.25, -0.2) is 0 Å². The third-order valence-electron chi connectivity index (χ3n) is 3.45. The molecular weight excluding hydrogens is 212 g/mol. The van der Waals surface area contributed by atoms with Gasteiger partial charge in [0.05, 0.1) is 0 Å². The van der Waals surface area contributed by atoms with Crippen LogP contribution in [0.2, 0.25) is 0 Å². The third kappa shape index (κ3) is 3.30. The highest BCUT2D eigenvalue weighted by Gasteiger charge is 2.17. The normalized spacial score (nSPS) is 19.2. The zero-order chi connectivity index (χ0) is 12.1. The Morgan fingerprint density at radius 1 is 1.41 bits per heavy atom. The summed E-state index contributed by atoms with van der Waals surface area (Å²) in [7, 11) is 1.85. The SMILES string of the molecule is CN(C(=O)CCC1CCNC1)c1ccccc1. The molecule has 1 fully saturated rings. The first-order chi connectivity index (χ1) is 8.27. The summed E-state index contributed by atoms with van der Waals surface area (Å²) >= 11 is 0. The molecule has 0 radical (unpaired) electrons. The Morgan fingerprint density at radius 3 is 2.82 bits per heavy atom. The summed E-state index contributed by atoms with van der Waals surface area (Å²) in [6.07, 6.45) is 2.86. The van der Waals surface area contributed by atoms with Crippen molar-refractivity contribution in [2.75, 3.05) is 25.0 Å². The van der Waals surface area contributed by atoms with E-state index in [4.69, 9.17) is 0 Å². The van der Waals surface area contributed by atoms with Crippen molar-refractivity contribution in [2.45, 2.75) is 19.3 Å². The van der Waals surface area contributed by atoms with E-state index in [2.05, 4.69) is 5.32 Å². The van der Waals surface area contributed by atoms with Crippen LogP contribution in [0.15, 0.2) is 30.3 Å². The number of carbonyl (C=O) groups excluding carboxylic acids is 1. The van der Waals surface area contributed by atoms with Crippen molar-refractivity contribution in [2.24, 2.45) is 5.92 Å². The van der Waals surface area contributed by atoms with Crippen LogP contribution in [0.1, 0.15) is 19.3 Å². The first-order valence-corrected chi connectivity index (χ1v) is 6.29. The highest BCUT2D eigenvalue weighted by molar-refractivity contribution is 5.92. The second-order valence-electron chi connectivity index (χ2n) is 4.69. The van der Waals surface area contributed by atoms with Crippen LogP contribution in [0.25, 0.3) is 0 Å². The molecule has 1 saturated heterocycles. The Bertz CT molecular complexity index is 358. The number of anilines is 1. The van der Waals surface area contributed by atoms with Gasteiger partial charge in [0.1, 0.15) is 0 Å². The highest BCUT2D eigenvalue weighted by atomic mass is 16.2. The molecule has 92 valence electrons. The van der Waals surface area contributed by atoms with E-state index >= 15 is 0 Å². The first-order valence-electron chi connectivity index (χ1n) is 6.29. The van der Waals surface area contributed by atoms with Crippen LogP contribution in [0.3, 0.4) is 0 Å². The van der Waals surface area contributed by atoms with Crippen molar-refractivity contribution in [1.29, 1.82) is 0 Å². The second-order valence-corrected chi connectivity index (χ2v) is 4.69. The highest BCUT2D eigenvalue weighted by Crippen LogP contribution is 2.17. The maximum absolute atomic E-state index is 12.0. The van der Waals surface area contributed by atoms with Gasteiger partial charge in [-0.2, -0.15) is 0 Å². The fourth-order valence-corrected chi connectivity index (χ4v) is 2.25. The van der Waals surface area contributed by atoms with Crippen molar-refractivity contribution in [1.82, 2.24) is 5.32 Å². The second kappa shape index (κ2) is 5.82. The lowest BCUT2D eigenvalue weighted by Gasteiger charge is -2.18. The van der Waals surface area contributed by atoms with E-state index in [1.54, 1.807) is 4.90 Å². The Balaban J connectivity index is 1.83. The number of amides is 1. The minimum Gasteiger partial charge on any atom is -0.316 e. The summed E-state index contributed by atoms with van der Waals surface area (Å²) < 4.78 is 0. The molecule has 1 aromatic rings. The van der Waals surface area contributed by atoms with Crippen molar-refractivity contribution >= 4 is 11.6 Å². The van der Waals surface area contributed by atoms with Crippen molar-refractivity contribution in [3.05, 3.63) is 30.3 Å². The zero-order valence-electron chi connectivity index (χ0n) is 10.4. The van der Waals surface area contributed by atoms with E-state index in [-0.39, 0.29) is 5.91 Å². The summed E-state index contributed by atoms with van der Waals surface area (Å²) in [5, 5.41) is 3.33. The van der Waals surface area contributed by atoms with Gasteiger partial charge in [0.15, 0.2) is 0 Å². The largest absolute Gasteiger partial charge is 0.316 e. The monoisotopic (exact) mass is 232 g/mol. The van der Waals surface area contributed by atoms with Gasteiger partial charge < -0.3 is 10.2 Å². The lowest BCUT2D eigenvalue weighted by atomic mass is 10.0. The lowest BCUT2D eigenvalue weighted by molar-refractivity contribution is -0.118. The predicted octanol–water partition coefficient (Wildman–Crippen LogP) is 2.04. The van der Waals surface area contributed by atoms with Crippen LogP contribution in [-0.4, -0.2) is 26.0 Å². The minimum atomic E-state index is 0.211. The van der Waals surface area contributed by atoms with Crippen LogP contribution < -0.4 is 10.2 Å². The van der Waals surface area contributed by atoms with Crippen LogP contribution in [0, 0.1) is 5.92 Å².